The van der Waals surface area contributed by atoms with Crippen molar-refractivity contribution in [1.29, 1.82) is 0 Å². The third kappa shape index (κ3) is 6.14. The van der Waals surface area contributed by atoms with Crippen LogP contribution in [0.1, 0.15) is 16.8 Å². The van der Waals surface area contributed by atoms with E-state index >= 15 is 0 Å². The zero-order chi connectivity index (χ0) is 18.9. The van der Waals surface area contributed by atoms with Crippen LogP contribution in [-0.4, -0.2) is 35.2 Å². The second kappa shape index (κ2) is 9.47. The number of rotatable bonds is 8. The van der Waals surface area contributed by atoms with E-state index in [-0.39, 0.29) is 29.8 Å². The van der Waals surface area contributed by atoms with Crippen LogP contribution < -0.4 is 15.4 Å². The van der Waals surface area contributed by atoms with Gasteiger partial charge in [0.2, 0.25) is 0 Å². The Balaban J connectivity index is 1.67. The standard InChI is InChI=1S/C17H16ClFN4O3/c1-11(4-6-20-17(25)12-5-7-21-22-9-12)23-16(24)10-26-13-2-3-14(18)15(19)8-13/h2-3,5,7-9H,1,4,6,10H2,(H,20,25)(H,23,24). The molecule has 0 aliphatic carbocycles. The number of halogens is 2. The molecule has 0 fully saturated rings. The average molecular weight is 379 g/mol. The third-order valence-corrected chi connectivity index (χ3v) is 3.44. The van der Waals surface area contributed by atoms with Crippen molar-refractivity contribution < 1.29 is 18.7 Å². The predicted molar refractivity (Wildman–Crippen MR) is 93.2 cm³/mol. The summed E-state index contributed by atoms with van der Waals surface area (Å²) in [5.41, 5.74) is 0.798. The van der Waals surface area contributed by atoms with Gasteiger partial charge in [0, 0.05) is 24.7 Å². The molecule has 1 aromatic heterocycles. The maximum absolute atomic E-state index is 13.3. The SMILES string of the molecule is C=C(CCNC(=O)c1ccnnc1)NC(=O)COc1ccc(Cl)c(F)c1. The molecule has 1 aromatic carbocycles. The van der Waals surface area contributed by atoms with Gasteiger partial charge in [-0.2, -0.15) is 10.2 Å². The molecule has 2 amide bonds. The number of carbonyl (C=O) groups excluding carboxylic acids is 2. The fraction of sp³-hybridized carbons (Fsp3) is 0.176. The van der Waals surface area contributed by atoms with E-state index in [1.807, 2.05) is 0 Å². The lowest BCUT2D eigenvalue weighted by molar-refractivity contribution is -0.122. The first-order valence-electron chi connectivity index (χ1n) is 7.56. The number of nitrogens with zero attached hydrogens (tertiary/aromatic N) is 2. The number of nitrogens with one attached hydrogen (secondary N) is 2. The molecule has 2 rings (SSSR count). The molecule has 9 heteroatoms. The molecule has 136 valence electrons. The Hall–Kier alpha value is -3.00. The lowest BCUT2D eigenvalue weighted by Gasteiger charge is -2.10. The Kier molecular flexibility index (Phi) is 7.04. The van der Waals surface area contributed by atoms with Gasteiger partial charge in [-0.25, -0.2) is 4.39 Å². The van der Waals surface area contributed by atoms with Gasteiger partial charge in [0.15, 0.2) is 6.61 Å². The molecule has 0 spiro atoms. The van der Waals surface area contributed by atoms with Gasteiger partial charge < -0.3 is 15.4 Å². The number of aromatic nitrogens is 2. The molecule has 26 heavy (non-hydrogen) atoms. The lowest BCUT2D eigenvalue weighted by Crippen LogP contribution is -2.31. The van der Waals surface area contributed by atoms with Crippen LogP contribution in [0.4, 0.5) is 4.39 Å². The van der Waals surface area contributed by atoms with E-state index < -0.39 is 11.7 Å². The van der Waals surface area contributed by atoms with Crippen LogP contribution in [0.2, 0.25) is 5.02 Å². The highest BCUT2D eigenvalue weighted by Gasteiger charge is 2.08. The van der Waals surface area contributed by atoms with Crippen LogP contribution in [0.15, 0.2) is 48.9 Å². The van der Waals surface area contributed by atoms with Crippen molar-refractivity contribution in [2.75, 3.05) is 13.2 Å². The van der Waals surface area contributed by atoms with Gasteiger partial charge in [-0.05, 0) is 18.2 Å². The average Bonchev–Trinajstić information content (AvgIpc) is 2.63. The number of ether oxygens (including phenoxy) is 1. The highest BCUT2D eigenvalue weighted by molar-refractivity contribution is 6.30. The fourth-order valence-corrected chi connectivity index (χ4v) is 1.98. The van der Waals surface area contributed by atoms with Crippen molar-refractivity contribution in [1.82, 2.24) is 20.8 Å². The molecule has 2 N–H and O–H groups in total. The smallest absolute Gasteiger partial charge is 0.262 e. The van der Waals surface area contributed by atoms with E-state index in [0.29, 0.717) is 17.7 Å². The monoisotopic (exact) mass is 378 g/mol. The Morgan fingerprint density at radius 2 is 2.08 bits per heavy atom. The number of amides is 2. The van der Waals surface area contributed by atoms with Crippen LogP contribution in [-0.2, 0) is 4.79 Å². The molecule has 0 aliphatic rings. The lowest BCUT2D eigenvalue weighted by atomic mass is 10.2. The summed E-state index contributed by atoms with van der Waals surface area (Å²) in [5.74, 6) is -1.19. The maximum Gasteiger partial charge on any atom is 0.262 e. The normalized spacial score (nSPS) is 10.1. The minimum Gasteiger partial charge on any atom is -0.484 e. The molecule has 0 radical (unpaired) electrons. The van der Waals surface area contributed by atoms with E-state index in [9.17, 15) is 14.0 Å². The maximum atomic E-state index is 13.3. The highest BCUT2D eigenvalue weighted by Crippen LogP contribution is 2.20. The van der Waals surface area contributed by atoms with Crippen molar-refractivity contribution in [3.05, 3.63) is 65.3 Å². The summed E-state index contributed by atoms with van der Waals surface area (Å²) in [7, 11) is 0. The predicted octanol–water partition coefficient (Wildman–Crippen LogP) is 2.10. The van der Waals surface area contributed by atoms with Crippen molar-refractivity contribution in [3.8, 4) is 5.75 Å². The number of hydrogen-bond donors (Lipinski definition) is 2. The topological polar surface area (TPSA) is 93.2 Å². The number of hydrogen-bond acceptors (Lipinski definition) is 5. The van der Waals surface area contributed by atoms with Crippen LogP contribution in [0.5, 0.6) is 5.75 Å². The molecule has 7 nitrogen and oxygen atoms in total. The van der Waals surface area contributed by atoms with Crippen molar-refractivity contribution in [3.63, 3.8) is 0 Å². The zero-order valence-corrected chi connectivity index (χ0v) is 14.4. The van der Waals surface area contributed by atoms with E-state index in [0.717, 1.165) is 6.07 Å². The third-order valence-electron chi connectivity index (χ3n) is 3.14. The second-order valence-corrected chi connectivity index (χ2v) is 5.56. The summed E-state index contributed by atoms with van der Waals surface area (Å²) in [6, 6.07) is 5.42. The molecule has 0 saturated carbocycles. The summed E-state index contributed by atoms with van der Waals surface area (Å²) in [4.78, 5) is 23.6. The van der Waals surface area contributed by atoms with E-state index in [1.165, 1.54) is 30.6 Å². The van der Waals surface area contributed by atoms with E-state index in [1.54, 1.807) is 0 Å². The Labute approximate surface area is 154 Å². The Bertz CT molecular complexity index is 802. The van der Waals surface area contributed by atoms with E-state index in [4.69, 9.17) is 16.3 Å². The van der Waals surface area contributed by atoms with Crippen LogP contribution in [0.25, 0.3) is 0 Å². The van der Waals surface area contributed by atoms with Gasteiger partial charge in [-0.1, -0.05) is 18.2 Å². The van der Waals surface area contributed by atoms with Crippen molar-refractivity contribution >= 4 is 23.4 Å². The van der Waals surface area contributed by atoms with Gasteiger partial charge >= 0.3 is 0 Å². The first-order chi connectivity index (χ1) is 12.5. The summed E-state index contributed by atoms with van der Waals surface area (Å²) in [6.07, 6.45) is 3.11. The quantitative estimate of drug-likeness (QED) is 0.733. The molecule has 0 unspecified atom stereocenters. The zero-order valence-electron chi connectivity index (χ0n) is 13.7. The number of benzene rings is 1. The molecular weight excluding hydrogens is 363 g/mol. The summed E-state index contributed by atoms with van der Waals surface area (Å²) >= 11 is 5.56. The van der Waals surface area contributed by atoms with E-state index in [2.05, 4.69) is 27.4 Å². The molecule has 1 heterocycles. The minimum atomic E-state index is -0.630. The summed E-state index contributed by atoms with van der Waals surface area (Å²) in [6.45, 7) is 3.68. The van der Waals surface area contributed by atoms with Gasteiger partial charge in [0.1, 0.15) is 11.6 Å². The van der Waals surface area contributed by atoms with Crippen molar-refractivity contribution in [2.24, 2.45) is 0 Å². The minimum absolute atomic E-state index is 0.0280. The molecule has 0 saturated heterocycles. The summed E-state index contributed by atoms with van der Waals surface area (Å²) in [5, 5.41) is 12.4. The molecule has 0 aliphatic heterocycles. The molecule has 2 aromatic rings. The molecule has 0 atom stereocenters. The summed E-state index contributed by atoms with van der Waals surface area (Å²) < 4.78 is 18.4. The Morgan fingerprint density at radius 1 is 1.27 bits per heavy atom. The van der Waals surface area contributed by atoms with Crippen LogP contribution >= 0.6 is 11.6 Å². The van der Waals surface area contributed by atoms with Gasteiger partial charge in [0.05, 0.1) is 23.0 Å². The second-order valence-electron chi connectivity index (χ2n) is 5.15. The first kappa shape index (κ1) is 19.3. The number of carbonyl (C=O) groups is 2. The van der Waals surface area contributed by atoms with Crippen molar-refractivity contribution in [2.45, 2.75) is 6.42 Å². The van der Waals surface area contributed by atoms with Crippen LogP contribution in [0, 0.1) is 5.82 Å². The van der Waals surface area contributed by atoms with Gasteiger partial charge in [-0.3, -0.25) is 9.59 Å². The molecular formula is C17H16ClFN4O3. The van der Waals surface area contributed by atoms with Gasteiger partial charge in [0.25, 0.3) is 11.8 Å². The Morgan fingerprint density at radius 3 is 2.77 bits per heavy atom. The van der Waals surface area contributed by atoms with Crippen LogP contribution in [0.3, 0.4) is 0 Å². The molecule has 0 bridgehead atoms. The highest BCUT2D eigenvalue weighted by atomic mass is 35.5. The van der Waals surface area contributed by atoms with Gasteiger partial charge in [-0.15, -0.1) is 0 Å². The largest absolute Gasteiger partial charge is 0.484 e. The first-order valence-corrected chi connectivity index (χ1v) is 7.94. The fourth-order valence-electron chi connectivity index (χ4n) is 1.87.